The second kappa shape index (κ2) is 9.58. The van der Waals surface area contributed by atoms with Gasteiger partial charge in [-0.1, -0.05) is 91.0 Å². The third-order valence-electron chi connectivity index (χ3n) is 4.87. The Morgan fingerprint density at radius 3 is 1.36 bits per heavy atom. The summed E-state index contributed by atoms with van der Waals surface area (Å²) in [5.74, 6) is 0.553. The summed E-state index contributed by atoms with van der Waals surface area (Å²) in [7, 11) is -2.95. The highest BCUT2D eigenvalue weighted by atomic mass is 32.2. The van der Waals surface area contributed by atoms with Gasteiger partial charge < -0.3 is 14.8 Å². The maximum atomic E-state index is 12.5. The van der Waals surface area contributed by atoms with Gasteiger partial charge in [0.2, 0.25) is 0 Å². The first-order chi connectivity index (χ1) is 13.6. The lowest BCUT2D eigenvalue weighted by Crippen LogP contribution is -2.26. The second-order valence-electron chi connectivity index (χ2n) is 6.69. The molecule has 0 heterocycles. The quantitative estimate of drug-likeness (QED) is 0.385. The molecule has 0 bridgehead atoms. The molecule has 0 amide bonds. The molecule has 0 unspecified atom stereocenters. The summed E-state index contributed by atoms with van der Waals surface area (Å²) in [6, 6.07) is 30.9. The van der Waals surface area contributed by atoms with E-state index in [1.807, 2.05) is 54.6 Å². The van der Waals surface area contributed by atoms with E-state index in [-0.39, 0.29) is 0 Å². The number of hydrogen-bond donors (Lipinski definition) is 2. The summed E-state index contributed by atoms with van der Waals surface area (Å²) < 4.78 is 12.1. The average Bonchev–Trinajstić information content (AvgIpc) is 2.78. The zero-order valence-corrected chi connectivity index (χ0v) is 17.4. The number of hydrogen-bond acceptors (Lipinski definition) is 4. The molecule has 3 rings (SSSR count). The van der Waals surface area contributed by atoms with Gasteiger partial charge in [0, 0.05) is 11.9 Å². The maximum absolute atomic E-state index is 12.5. The molecule has 3 aromatic carbocycles. The van der Waals surface area contributed by atoms with E-state index in [1.54, 1.807) is 11.8 Å². The molecule has 0 radical (unpaired) electrons. The van der Waals surface area contributed by atoms with Crippen molar-refractivity contribution in [2.75, 3.05) is 24.6 Å². The third-order valence-corrected chi connectivity index (χ3v) is 8.79. The fourth-order valence-corrected chi connectivity index (χ4v) is 6.60. The van der Waals surface area contributed by atoms with Gasteiger partial charge in [-0.15, -0.1) is 11.8 Å². The highest BCUT2D eigenvalue weighted by molar-refractivity contribution is 8.01. The molecule has 0 aliphatic carbocycles. The van der Waals surface area contributed by atoms with Crippen LogP contribution in [0.25, 0.3) is 0 Å². The molecule has 0 saturated heterocycles. The number of aliphatic hydroxyl groups is 2. The Bertz CT molecular complexity index is 796. The van der Waals surface area contributed by atoms with Crippen LogP contribution in [0, 0.1) is 0 Å². The second-order valence-corrected chi connectivity index (χ2v) is 11.1. The predicted molar refractivity (Wildman–Crippen MR) is 118 cm³/mol. The summed E-state index contributed by atoms with van der Waals surface area (Å²) >= 11 is 1.69. The minimum absolute atomic E-state index is 0.291. The van der Waals surface area contributed by atoms with Crippen molar-refractivity contribution in [2.45, 2.75) is 4.75 Å². The van der Waals surface area contributed by atoms with Gasteiger partial charge in [-0.2, -0.15) is 0 Å². The number of rotatable bonds is 9. The lowest BCUT2D eigenvalue weighted by molar-refractivity contribution is 0.325. The van der Waals surface area contributed by atoms with Gasteiger partial charge in [-0.05, 0) is 16.7 Å². The predicted octanol–water partition coefficient (Wildman–Crippen LogP) is 4.97. The zero-order valence-electron chi connectivity index (χ0n) is 15.6. The fourth-order valence-electron chi connectivity index (χ4n) is 3.32. The lowest BCUT2D eigenvalue weighted by atomic mass is 9.84. The van der Waals surface area contributed by atoms with Crippen LogP contribution in [0.3, 0.4) is 0 Å². The molecule has 3 nitrogen and oxygen atoms in total. The van der Waals surface area contributed by atoms with Crippen LogP contribution in [0.5, 0.6) is 0 Å². The summed E-state index contributed by atoms with van der Waals surface area (Å²) in [4.78, 5) is 0. The van der Waals surface area contributed by atoms with Crippen LogP contribution in [0.1, 0.15) is 16.7 Å². The van der Waals surface area contributed by atoms with E-state index in [9.17, 15) is 14.8 Å². The smallest absolute Gasteiger partial charge is 0.137 e. The first kappa shape index (κ1) is 20.9. The van der Waals surface area contributed by atoms with Crippen LogP contribution in [0.4, 0.5) is 0 Å². The molecule has 0 spiro atoms. The Kier molecular flexibility index (Phi) is 7.14. The molecule has 0 aromatic heterocycles. The summed E-state index contributed by atoms with van der Waals surface area (Å²) in [6.45, 7) is 0. The van der Waals surface area contributed by atoms with Crippen LogP contribution in [-0.2, 0) is 9.31 Å². The first-order valence-electron chi connectivity index (χ1n) is 9.24. The van der Waals surface area contributed by atoms with Crippen LogP contribution >= 0.6 is 18.9 Å². The molecule has 0 aliphatic heterocycles. The van der Waals surface area contributed by atoms with E-state index in [0.29, 0.717) is 11.9 Å². The van der Waals surface area contributed by atoms with Crippen LogP contribution < -0.4 is 0 Å². The minimum Gasteiger partial charge on any atom is -0.389 e. The third kappa shape index (κ3) is 4.42. The van der Waals surface area contributed by atoms with Gasteiger partial charge in [0.05, 0.1) is 17.4 Å². The molecule has 146 valence electrons. The largest absolute Gasteiger partial charge is 0.389 e. The Morgan fingerprint density at radius 2 is 1.04 bits per heavy atom. The van der Waals surface area contributed by atoms with Crippen LogP contribution in [0.15, 0.2) is 91.0 Å². The van der Waals surface area contributed by atoms with Crippen LogP contribution in [0.2, 0.25) is 0 Å². The van der Waals surface area contributed by atoms with E-state index in [2.05, 4.69) is 36.4 Å². The van der Waals surface area contributed by atoms with Crippen molar-refractivity contribution in [3.63, 3.8) is 0 Å². The monoisotopic (exact) mass is 412 g/mol. The van der Waals surface area contributed by atoms with E-state index < -0.39 is 24.6 Å². The minimum atomic E-state index is -2.95. The van der Waals surface area contributed by atoms with Crippen molar-refractivity contribution >= 4 is 18.9 Å². The van der Waals surface area contributed by atoms with Crippen molar-refractivity contribution in [1.29, 1.82) is 0 Å². The maximum Gasteiger partial charge on any atom is 0.137 e. The molecule has 2 N–H and O–H groups in total. The molecule has 28 heavy (non-hydrogen) atoms. The Balaban J connectivity index is 2.10. The zero-order chi connectivity index (χ0) is 19.9. The van der Waals surface area contributed by atoms with Crippen molar-refractivity contribution < 1.29 is 14.8 Å². The van der Waals surface area contributed by atoms with Gasteiger partial charge >= 0.3 is 0 Å². The summed E-state index contributed by atoms with van der Waals surface area (Å²) in [5, 5.41) is 18.9. The molecule has 0 aliphatic rings. The average molecular weight is 412 g/mol. The van der Waals surface area contributed by atoms with Gasteiger partial charge in [0.25, 0.3) is 0 Å². The number of benzene rings is 3. The molecule has 0 atom stereocenters. The highest BCUT2D eigenvalue weighted by Crippen LogP contribution is 2.51. The number of thioether (sulfide) groups is 1. The Morgan fingerprint density at radius 1 is 0.679 bits per heavy atom. The molecule has 0 fully saturated rings. The summed E-state index contributed by atoms with van der Waals surface area (Å²) in [6.07, 6.45) is -0.628. The summed E-state index contributed by atoms with van der Waals surface area (Å²) in [5.41, 5.74) is 3.42. The van der Waals surface area contributed by atoms with Crippen LogP contribution in [-0.4, -0.2) is 34.8 Å². The Labute approximate surface area is 170 Å². The fraction of sp³-hybridized carbons (Fsp3) is 0.217. The van der Waals surface area contributed by atoms with Crippen molar-refractivity contribution in [3.05, 3.63) is 108 Å². The van der Waals surface area contributed by atoms with Gasteiger partial charge in [-0.3, -0.25) is 0 Å². The van der Waals surface area contributed by atoms with Gasteiger partial charge in [0.15, 0.2) is 0 Å². The lowest BCUT2D eigenvalue weighted by Gasteiger charge is -2.35. The van der Waals surface area contributed by atoms with Crippen molar-refractivity contribution in [3.8, 4) is 0 Å². The van der Waals surface area contributed by atoms with Gasteiger partial charge in [0.1, 0.15) is 7.14 Å². The van der Waals surface area contributed by atoms with Crippen molar-refractivity contribution in [2.24, 2.45) is 0 Å². The first-order valence-corrected chi connectivity index (χ1v) is 12.5. The SMILES string of the molecule is O=P(CO)(CO)CCSC(c1ccccc1)(c1ccccc1)c1ccccc1. The van der Waals surface area contributed by atoms with Gasteiger partial charge in [-0.25, -0.2) is 0 Å². The normalized spacial score (nSPS) is 12.1. The van der Waals surface area contributed by atoms with E-state index in [1.165, 1.54) is 0 Å². The topological polar surface area (TPSA) is 57.5 Å². The molecule has 0 saturated carbocycles. The highest BCUT2D eigenvalue weighted by Gasteiger charge is 2.37. The molecular weight excluding hydrogens is 387 g/mol. The standard InChI is InChI=1S/C23H25O3PS/c24-18-27(26,19-25)16-17-28-23(20-10-4-1-5-11-20,21-12-6-2-7-13-21)22-14-8-3-9-15-22/h1-15,24-25H,16-19H2. The van der Waals surface area contributed by atoms with E-state index >= 15 is 0 Å². The molecule has 5 heteroatoms. The number of aliphatic hydroxyl groups excluding tert-OH is 2. The molecular formula is C23H25O3PS. The van der Waals surface area contributed by atoms with Crippen molar-refractivity contribution in [1.82, 2.24) is 0 Å². The van der Waals surface area contributed by atoms with E-state index in [4.69, 9.17) is 0 Å². The molecule has 3 aromatic rings. The Hall–Kier alpha value is -1.84. The van der Waals surface area contributed by atoms with E-state index in [0.717, 1.165) is 16.7 Å².